The Hall–Kier alpha value is -0.370. The van der Waals surface area contributed by atoms with Crippen molar-refractivity contribution in [2.75, 3.05) is 0 Å². The first-order valence-corrected chi connectivity index (χ1v) is 4.85. The Morgan fingerprint density at radius 2 is 1.42 bits per heavy atom. The molecule has 0 saturated heterocycles. The van der Waals surface area contributed by atoms with Crippen LogP contribution in [-0.4, -0.2) is 6.29 Å². The maximum Gasteiger partial charge on any atom is 0.119 e. The van der Waals surface area contributed by atoms with E-state index in [0.29, 0.717) is 0 Å². The van der Waals surface area contributed by atoms with Gasteiger partial charge >= 0.3 is 0 Å². The molecule has 2 heteroatoms. The average molecular weight is 173 g/mol. The van der Waals surface area contributed by atoms with Gasteiger partial charge in [-0.3, -0.25) is 0 Å². The largest absolute Gasteiger partial charge is 0.344 e. The third kappa shape index (κ3) is 12.3. The van der Waals surface area contributed by atoms with Crippen molar-refractivity contribution in [2.45, 2.75) is 58.3 Å². The van der Waals surface area contributed by atoms with Crippen LogP contribution in [0.3, 0.4) is 0 Å². The molecule has 3 N–H and O–H groups in total. The highest BCUT2D eigenvalue weighted by Crippen LogP contribution is 2.07. The van der Waals surface area contributed by atoms with E-state index in [1.807, 2.05) is 0 Å². The van der Waals surface area contributed by atoms with Crippen molar-refractivity contribution in [1.82, 2.24) is 6.15 Å². The standard InChI is InChI=1S/C10H20O.H3N/c1-2-3-4-5-6-7-8-9-10-11;/h10H,2-9H2,1H3;1H3. The highest BCUT2D eigenvalue weighted by atomic mass is 16.1. The summed E-state index contributed by atoms with van der Waals surface area (Å²) in [5.41, 5.74) is 0. The number of carbonyl (C=O) groups excluding carboxylic acids is 1. The topological polar surface area (TPSA) is 52.1 Å². The number of carbonyl (C=O) groups is 1. The summed E-state index contributed by atoms with van der Waals surface area (Å²) in [6, 6.07) is 0. The first-order chi connectivity index (χ1) is 5.41. The molecular formula is C10H23NO. The summed E-state index contributed by atoms with van der Waals surface area (Å²) in [6.45, 7) is 2.23. The predicted octanol–water partition coefficient (Wildman–Crippen LogP) is 3.49. The summed E-state index contributed by atoms with van der Waals surface area (Å²) in [7, 11) is 0. The molecule has 2 nitrogen and oxygen atoms in total. The molecule has 0 aliphatic rings. The van der Waals surface area contributed by atoms with Crippen LogP contribution in [0.2, 0.25) is 0 Å². The van der Waals surface area contributed by atoms with Crippen molar-refractivity contribution in [3.05, 3.63) is 0 Å². The lowest BCUT2D eigenvalue weighted by Crippen LogP contribution is -1.80. The zero-order valence-corrected chi connectivity index (χ0v) is 8.35. The van der Waals surface area contributed by atoms with E-state index in [9.17, 15) is 4.79 Å². The van der Waals surface area contributed by atoms with Crippen LogP contribution in [0.5, 0.6) is 0 Å². The molecule has 0 heterocycles. The predicted molar refractivity (Wildman–Crippen MR) is 53.7 cm³/mol. The van der Waals surface area contributed by atoms with Crippen LogP contribution in [-0.2, 0) is 4.79 Å². The minimum Gasteiger partial charge on any atom is -0.344 e. The van der Waals surface area contributed by atoms with Gasteiger partial charge in [0.25, 0.3) is 0 Å². The number of hydrogen-bond acceptors (Lipinski definition) is 2. The van der Waals surface area contributed by atoms with Gasteiger partial charge in [0.15, 0.2) is 0 Å². The number of rotatable bonds is 8. The van der Waals surface area contributed by atoms with E-state index >= 15 is 0 Å². The van der Waals surface area contributed by atoms with Crippen LogP contribution >= 0.6 is 0 Å². The Balaban J connectivity index is 0. The lowest BCUT2D eigenvalue weighted by molar-refractivity contribution is -0.107. The van der Waals surface area contributed by atoms with Gasteiger partial charge in [-0.15, -0.1) is 0 Å². The zero-order chi connectivity index (χ0) is 8.36. The molecule has 74 valence electrons. The molecule has 0 bridgehead atoms. The number of unbranched alkanes of at least 4 members (excludes halogenated alkanes) is 7. The molecule has 0 aromatic carbocycles. The van der Waals surface area contributed by atoms with Crippen LogP contribution in [0, 0.1) is 0 Å². The van der Waals surface area contributed by atoms with E-state index < -0.39 is 0 Å². The minimum atomic E-state index is 0. The Morgan fingerprint density at radius 3 is 1.92 bits per heavy atom. The van der Waals surface area contributed by atoms with Gasteiger partial charge in [0.2, 0.25) is 0 Å². The summed E-state index contributed by atoms with van der Waals surface area (Å²) < 4.78 is 0. The van der Waals surface area contributed by atoms with Crippen molar-refractivity contribution >= 4 is 6.29 Å². The minimum absolute atomic E-state index is 0. The Kier molecular flexibility index (Phi) is 15.6. The number of hydrogen-bond donors (Lipinski definition) is 1. The van der Waals surface area contributed by atoms with E-state index in [1.165, 1.54) is 38.5 Å². The maximum absolute atomic E-state index is 9.94. The van der Waals surface area contributed by atoms with Crippen molar-refractivity contribution in [3.63, 3.8) is 0 Å². The molecule has 0 atom stereocenters. The molecular weight excluding hydrogens is 150 g/mol. The SMILES string of the molecule is CCCCCCCCCC=O.N. The Bertz CT molecular complexity index is 83.9. The second kappa shape index (κ2) is 13.2. The molecule has 0 spiro atoms. The van der Waals surface area contributed by atoms with Gasteiger partial charge < -0.3 is 10.9 Å². The fourth-order valence-corrected chi connectivity index (χ4v) is 1.18. The van der Waals surface area contributed by atoms with Crippen molar-refractivity contribution < 1.29 is 4.79 Å². The van der Waals surface area contributed by atoms with Gasteiger partial charge in [-0.25, -0.2) is 0 Å². The van der Waals surface area contributed by atoms with Crippen LogP contribution in [0.1, 0.15) is 58.3 Å². The van der Waals surface area contributed by atoms with E-state index in [0.717, 1.165) is 19.1 Å². The maximum atomic E-state index is 9.94. The fourth-order valence-electron chi connectivity index (χ4n) is 1.18. The van der Waals surface area contributed by atoms with Crippen LogP contribution in [0.15, 0.2) is 0 Å². The van der Waals surface area contributed by atoms with Gasteiger partial charge in [-0.1, -0.05) is 45.4 Å². The molecule has 0 aromatic heterocycles. The van der Waals surface area contributed by atoms with Gasteiger partial charge in [0.05, 0.1) is 0 Å². The van der Waals surface area contributed by atoms with Crippen molar-refractivity contribution in [3.8, 4) is 0 Å². The zero-order valence-electron chi connectivity index (χ0n) is 8.35. The first kappa shape index (κ1) is 14.2. The van der Waals surface area contributed by atoms with E-state index in [2.05, 4.69) is 6.92 Å². The molecule has 0 aromatic rings. The third-order valence-electron chi connectivity index (χ3n) is 1.93. The molecule has 0 amide bonds. The molecule has 0 radical (unpaired) electrons. The summed E-state index contributed by atoms with van der Waals surface area (Å²) in [5, 5.41) is 0. The second-order valence-corrected chi connectivity index (χ2v) is 3.08. The van der Waals surface area contributed by atoms with Crippen LogP contribution in [0.4, 0.5) is 0 Å². The van der Waals surface area contributed by atoms with E-state index in [4.69, 9.17) is 0 Å². The Morgan fingerprint density at radius 1 is 0.917 bits per heavy atom. The van der Waals surface area contributed by atoms with Crippen molar-refractivity contribution in [1.29, 1.82) is 0 Å². The van der Waals surface area contributed by atoms with Gasteiger partial charge in [-0.05, 0) is 6.42 Å². The summed E-state index contributed by atoms with van der Waals surface area (Å²) in [5.74, 6) is 0. The smallest absolute Gasteiger partial charge is 0.119 e. The molecule has 12 heavy (non-hydrogen) atoms. The quantitative estimate of drug-likeness (QED) is 0.451. The average Bonchev–Trinajstić information content (AvgIpc) is 2.03. The highest BCUT2D eigenvalue weighted by Gasteiger charge is 1.89. The van der Waals surface area contributed by atoms with Crippen molar-refractivity contribution in [2.24, 2.45) is 0 Å². The lowest BCUT2D eigenvalue weighted by atomic mass is 10.1. The second-order valence-electron chi connectivity index (χ2n) is 3.08. The number of aldehydes is 1. The van der Waals surface area contributed by atoms with Crippen LogP contribution in [0.25, 0.3) is 0 Å². The molecule has 0 saturated carbocycles. The monoisotopic (exact) mass is 173 g/mol. The third-order valence-corrected chi connectivity index (χ3v) is 1.93. The summed E-state index contributed by atoms with van der Waals surface area (Å²) in [4.78, 5) is 9.94. The van der Waals surface area contributed by atoms with E-state index in [-0.39, 0.29) is 6.15 Å². The van der Waals surface area contributed by atoms with Gasteiger partial charge in [0, 0.05) is 6.42 Å². The summed E-state index contributed by atoms with van der Waals surface area (Å²) in [6.07, 6.45) is 10.8. The normalized spacial score (nSPS) is 9.08. The van der Waals surface area contributed by atoms with E-state index in [1.54, 1.807) is 0 Å². The van der Waals surface area contributed by atoms with Gasteiger partial charge in [0.1, 0.15) is 6.29 Å². The van der Waals surface area contributed by atoms with Crippen LogP contribution < -0.4 is 6.15 Å². The fraction of sp³-hybridized carbons (Fsp3) is 0.900. The molecule has 0 rings (SSSR count). The molecule has 0 aliphatic carbocycles. The molecule has 0 fully saturated rings. The Labute approximate surface area is 76.3 Å². The highest BCUT2D eigenvalue weighted by molar-refractivity contribution is 5.48. The molecule has 0 unspecified atom stereocenters. The summed E-state index contributed by atoms with van der Waals surface area (Å²) >= 11 is 0. The lowest BCUT2D eigenvalue weighted by Gasteiger charge is -1.97. The first-order valence-electron chi connectivity index (χ1n) is 4.85. The van der Waals surface area contributed by atoms with Gasteiger partial charge in [-0.2, -0.15) is 0 Å². The molecule has 0 aliphatic heterocycles.